The van der Waals surface area contributed by atoms with Crippen LogP contribution in [0.1, 0.15) is 106 Å². The number of hydrogen-bond donors (Lipinski definition) is 1. The summed E-state index contributed by atoms with van der Waals surface area (Å²) in [6.07, 6.45) is -17.5. The van der Waals surface area contributed by atoms with Gasteiger partial charge in [-0.1, -0.05) is 67.6 Å². The van der Waals surface area contributed by atoms with Gasteiger partial charge in [-0.05, 0) is 96.3 Å². The van der Waals surface area contributed by atoms with Gasteiger partial charge in [-0.2, -0.15) is 39.5 Å². The first-order chi connectivity index (χ1) is 24.4. The second kappa shape index (κ2) is 14.5. The van der Waals surface area contributed by atoms with Crippen LogP contribution in [-0.2, 0) is 11.8 Å². The predicted molar refractivity (Wildman–Crippen MR) is 180 cm³/mol. The van der Waals surface area contributed by atoms with Crippen LogP contribution in [-0.4, -0.2) is 41.2 Å². The molecule has 1 unspecified atom stereocenters. The second-order valence-corrected chi connectivity index (χ2v) is 13.0. The fourth-order valence-corrected chi connectivity index (χ4v) is 6.76. The molecule has 4 aromatic carbocycles. The summed E-state index contributed by atoms with van der Waals surface area (Å²) in [6, 6.07) is 9.38. The van der Waals surface area contributed by atoms with Crippen LogP contribution < -0.4 is 0 Å². The van der Waals surface area contributed by atoms with Gasteiger partial charge in [-0.25, -0.2) is 4.79 Å². The number of aryl methyl sites for hydroxylation is 1. The Morgan fingerprint density at radius 1 is 0.604 bits per heavy atom. The van der Waals surface area contributed by atoms with Crippen molar-refractivity contribution in [1.82, 2.24) is 0 Å². The van der Waals surface area contributed by atoms with Crippen LogP contribution in [0.25, 0.3) is 0 Å². The van der Waals surface area contributed by atoms with Gasteiger partial charge in [0.05, 0.1) is 5.56 Å². The van der Waals surface area contributed by atoms with E-state index in [-0.39, 0.29) is 34.7 Å². The molecule has 1 atom stereocenters. The average molecular weight is 751 g/mol. The molecule has 0 radical (unpaired) electrons. The van der Waals surface area contributed by atoms with E-state index in [1.54, 1.807) is 26.8 Å². The van der Waals surface area contributed by atoms with E-state index in [1.165, 1.54) is 39.0 Å². The van der Waals surface area contributed by atoms with Gasteiger partial charge in [0, 0.05) is 24.0 Å². The summed E-state index contributed by atoms with van der Waals surface area (Å²) in [7, 11) is 0. The third-order valence-corrected chi connectivity index (χ3v) is 10.1. The third-order valence-electron chi connectivity index (χ3n) is 10.1. The average Bonchev–Trinajstić information content (AvgIpc) is 3.06. The largest absolute Gasteiger partial charge is 0.478 e. The molecular weight excluding hydrogens is 715 g/mol. The minimum atomic E-state index is -6.08. The van der Waals surface area contributed by atoms with E-state index in [0.717, 1.165) is 17.7 Å². The van der Waals surface area contributed by atoms with Gasteiger partial charge in [0.15, 0.2) is 11.6 Å². The molecule has 0 spiro atoms. The molecule has 1 N–H and O–H groups in total. The molecule has 0 bridgehead atoms. The topological polar surface area (TPSA) is 71.4 Å². The lowest BCUT2D eigenvalue weighted by Crippen LogP contribution is -2.54. The number of carbonyl (C=O) groups is 3. The van der Waals surface area contributed by atoms with Crippen LogP contribution in [0.15, 0.2) is 66.7 Å². The fraction of sp³-hybridized carbons (Fsp3) is 0.325. The first kappa shape index (κ1) is 40.8. The highest BCUT2D eigenvalue weighted by atomic mass is 19.4. The number of Topliss-reactive ketones (excluding diaryl/α,β-unsaturated/α-hetero) is 2. The van der Waals surface area contributed by atoms with Crippen LogP contribution in [0.2, 0.25) is 0 Å². The van der Waals surface area contributed by atoms with Crippen molar-refractivity contribution in [2.24, 2.45) is 0 Å². The maximum Gasteiger partial charge on any atom is 0.411 e. The van der Waals surface area contributed by atoms with E-state index in [1.807, 2.05) is 0 Å². The molecule has 4 aromatic rings. The first-order valence-electron chi connectivity index (χ1n) is 16.3. The standard InChI is InChI=1S/C40H35F9O4/c1-7-33(50)31-17-14-28(19-32(31)36(52)53)37(39(44,45)46,40(47,48)49)27-12-9-25(10-13-27)34(51)18-26-11-16-30(24(6)22(26)4)35(38(41,42)43)29-15-8-20(2)21(3)23(29)5/h8-17,19,35H,7,18H2,1-6H3,(H,52,53). The van der Waals surface area contributed by atoms with Gasteiger partial charge in [-0.3, -0.25) is 9.59 Å². The number of halogens is 9. The van der Waals surface area contributed by atoms with Crippen molar-refractivity contribution < 1.29 is 59.0 Å². The number of rotatable bonds is 10. The fourth-order valence-electron chi connectivity index (χ4n) is 6.76. The second-order valence-electron chi connectivity index (χ2n) is 13.0. The molecule has 0 aliphatic heterocycles. The number of carbonyl (C=O) groups excluding carboxylic acids is 2. The lowest BCUT2D eigenvalue weighted by molar-refractivity contribution is -0.288. The monoisotopic (exact) mass is 750 g/mol. The number of carboxylic acids is 1. The molecule has 282 valence electrons. The lowest BCUT2D eigenvalue weighted by atomic mass is 9.72. The molecular formula is C40H35F9O4. The molecule has 0 aromatic heterocycles. The van der Waals surface area contributed by atoms with E-state index in [0.29, 0.717) is 46.5 Å². The van der Waals surface area contributed by atoms with Gasteiger partial charge < -0.3 is 5.11 Å². The minimum absolute atomic E-state index is 0.0318. The zero-order valence-corrected chi connectivity index (χ0v) is 29.4. The maximum absolute atomic E-state index is 14.8. The van der Waals surface area contributed by atoms with Gasteiger partial charge >= 0.3 is 24.5 Å². The summed E-state index contributed by atoms with van der Waals surface area (Å²) < 4.78 is 133. The Balaban J connectivity index is 1.76. The van der Waals surface area contributed by atoms with Gasteiger partial charge in [-0.15, -0.1) is 0 Å². The number of ketones is 2. The SMILES string of the molecule is CCC(=O)c1ccc(C(c2ccc(C(=O)Cc3ccc(C(c4ccc(C)c(C)c4C)C(F)(F)F)c(C)c3C)cc2)(C(F)(F)F)C(F)(F)F)cc1C(=O)O. The molecule has 13 heteroatoms. The van der Waals surface area contributed by atoms with E-state index >= 15 is 0 Å². The molecule has 4 rings (SSSR count). The highest BCUT2D eigenvalue weighted by molar-refractivity contribution is 6.06. The number of benzene rings is 4. The highest BCUT2D eigenvalue weighted by Crippen LogP contribution is 2.56. The molecule has 4 nitrogen and oxygen atoms in total. The molecule has 53 heavy (non-hydrogen) atoms. The predicted octanol–water partition coefficient (Wildman–Crippen LogP) is 11.0. The number of carboxylic acid groups (broad SMARTS) is 1. The summed E-state index contributed by atoms with van der Waals surface area (Å²) in [6.45, 7) is 9.49. The Kier molecular flexibility index (Phi) is 11.1. The number of aromatic carboxylic acids is 1. The van der Waals surface area contributed by atoms with Crippen molar-refractivity contribution in [3.63, 3.8) is 0 Å². The number of hydrogen-bond acceptors (Lipinski definition) is 3. The zero-order valence-electron chi connectivity index (χ0n) is 29.4. The van der Waals surface area contributed by atoms with Gasteiger partial charge in [0.1, 0.15) is 5.92 Å². The molecule has 0 aliphatic rings. The Morgan fingerprint density at radius 3 is 1.60 bits per heavy atom. The van der Waals surface area contributed by atoms with Crippen molar-refractivity contribution in [3.8, 4) is 0 Å². The quantitative estimate of drug-likeness (QED) is 0.129. The van der Waals surface area contributed by atoms with Crippen molar-refractivity contribution >= 4 is 17.5 Å². The van der Waals surface area contributed by atoms with E-state index in [4.69, 9.17) is 0 Å². The zero-order chi connectivity index (χ0) is 40.0. The van der Waals surface area contributed by atoms with Crippen molar-refractivity contribution in [2.45, 2.75) is 84.2 Å². The Bertz CT molecular complexity index is 2060. The van der Waals surface area contributed by atoms with Gasteiger partial charge in [0.2, 0.25) is 5.41 Å². The third kappa shape index (κ3) is 7.34. The first-order valence-corrected chi connectivity index (χ1v) is 16.3. The summed E-state index contributed by atoms with van der Waals surface area (Å²) in [5, 5.41) is 9.59. The van der Waals surface area contributed by atoms with Crippen LogP contribution in [0.5, 0.6) is 0 Å². The summed E-state index contributed by atoms with van der Waals surface area (Å²) in [4.78, 5) is 37.4. The van der Waals surface area contributed by atoms with E-state index < -0.39 is 76.1 Å². The Labute approximate surface area is 299 Å². The molecule has 0 fully saturated rings. The maximum atomic E-state index is 14.8. The molecule has 0 saturated heterocycles. The molecule has 0 amide bonds. The van der Waals surface area contributed by atoms with Crippen LogP contribution >= 0.6 is 0 Å². The summed E-state index contributed by atoms with van der Waals surface area (Å²) in [5.41, 5.74) is -6.50. The molecule has 0 aliphatic carbocycles. The normalized spacial score (nSPS) is 13.2. The minimum Gasteiger partial charge on any atom is -0.478 e. The van der Waals surface area contributed by atoms with Crippen LogP contribution in [0.4, 0.5) is 39.5 Å². The van der Waals surface area contributed by atoms with Crippen molar-refractivity contribution in [1.29, 1.82) is 0 Å². The van der Waals surface area contributed by atoms with Crippen molar-refractivity contribution in [3.05, 3.63) is 139 Å². The Hall–Kier alpha value is -4.94. The Morgan fingerprint density at radius 2 is 1.11 bits per heavy atom. The van der Waals surface area contributed by atoms with Crippen LogP contribution in [0.3, 0.4) is 0 Å². The van der Waals surface area contributed by atoms with E-state index in [2.05, 4.69) is 0 Å². The summed E-state index contributed by atoms with van der Waals surface area (Å²) in [5.74, 6) is -5.42. The smallest absolute Gasteiger partial charge is 0.411 e. The molecule has 0 saturated carbocycles. The summed E-state index contributed by atoms with van der Waals surface area (Å²) >= 11 is 0. The molecule has 0 heterocycles. The van der Waals surface area contributed by atoms with Crippen molar-refractivity contribution in [2.75, 3.05) is 0 Å². The number of alkyl halides is 9. The van der Waals surface area contributed by atoms with Gasteiger partial charge in [0.25, 0.3) is 0 Å². The lowest BCUT2D eigenvalue weighted by Gasteiger charge is -2.38. The highest BCUT2D eigenvalue weighted by Gasteiger charge is 2.72. The van der Waals surface area contributed by atoms with Crippen LogP contribution in [0, 0.1) is 34.6 Å². The van der Waals surface area contributed by atoms with E-state index in [9.17, 15) is 59.0 Å².